The first-order valence-electron chi connectivity index (χ1n) is 8.74. The number of hydrogen-bond donors (Lipinski definition) is 1. The number of nitrogens with zero attached hydrogens (tertiary/aromatic N) is 2. The van der Waals surface area contributed by atoms with Gasteiger partial charge in [-0.25, -0.2) is 9.37 Å². The van der Waals surface area contributed by atoms with Crippen molar-refractivity contribution < 1.29 is 9.18 Å². The molecule has 0 saturated carbocycles. The zero-order valence-electron chi connectivity index (χ0n) is 15.0. The number of hydrogen-bond acceptors (Lipinski definition) is 3. The van der Waals surface area contributed by atoms with Crippen molar-refractivity contribution in [2.45, 2.75) is 26.4 Å². The highest BCUT2D eigenvalue weighted by Gasteiger charge is 2.13. The highest BCUT2D eigenvalue weighted by Crippen LogP contribution is 2.15. The third-order valence-corrected chi connectivity index (χ3v) is 4.16. The molecule has 0 aliphatic rings. The van der Waals surface area contributed by atoms with Crippen LogP contribution in [0, 0.1) is 5.82 Å². The Balaban J connectivity index is 1.82. The zero-order valence-corrected chi connectivity index (χ0v) is 15.0. The van der Waals surface area contributed by atoms with Gasteiger partial charge < -0.3 is 5.32 Å². The minimum atomic E-state index is -0.328. The van der Waals surface area contributed by atoms with Gasteiger partial charge in [-0.2, -0.15) is 0 Å². The van der Waals surface area contributed by atoms with E-state index in [9.17, 15) is 14.0 Å². The van der Waals surface area contributed by atoms with Crippen molar-refractivity contribution in [2.75, 3.05) is 0 Å². The Morgan fingerprint density at radius 1 is 1.11 bits per heavy atom. The fraction of sp³-hybridized carbons (Fsp3) is 0.190. The Morgan fingerprint density at radius 2 is 1.81 bits per heavy atom. The Kier molecular flexibility index (Phi) is 5.76. The van der Waals surface area contributed by atoms with E-state index in [4.69, 9.17) is 0 Å². The Bertz CT molecular complexity index is 983. The number of benzene rings is 2. The first-order valence-corrected chi connectivity index (χ1v) is 8.74. The fourth-order valence-electron chi connectivity index (χ4n) is 2.70. The van der Waals surface area contributed by atoms with Crippen LogP contribution in [0.25, 0.3) is 11.4 Å². The molecule has 27 heavy (non-hydrogen) atoms. The molecule has 0 unspecified atom stereocenters. The van der Waals surface area contributed by atoms with Gasteiger partial charge in [0.2, 0.25) is 5.91 Å². The summed E-state index contributed by atoms with van der Waals surface area (Å²) < 4.78 is 14.3. The summed E-state index contributed by atoms with van der Waals surface area (Å²) in [6, 6.07) is 16.7. The number of aryl methyl sites for hydroxylation is 1. The summed E-state index contributed by atoms with van der Waals surface area (Å²) in [7, 11) is 0. The minimum absolute atomic E-state index is 0.138. The van der Waals surface area contributed by atoms with Crippen LogP contribution in [0.5, 0.6) is 0 Å². The molecule has 5 nitrogen and oxygen atoms in total. The summed E-state index contributed by atoms with van der Waals surface area (Å²) in [5.74, 6) is -0.173. The van der Waals surface area contributed by atoms with Gasteiger partial charge in [0.15, 0.2) is 0 Å². The fourth-order valence-corrected chi connectivity index (χ4v) is 2.70. The predicted molar refractivity (Wildman–Crippen MR) is 102 cm³/mol. The topological polar surface area (TPSA) is 64.0 Å². The Hall–Kier alpha value is -3.28. The van der Waals surface area contributed by atoms with Gasteiger partial charge in [-0.15, -0.1) is 0 Å². The second-order valence-corrected chi connectivity index (χ2v) is 6.12. The van der Waals surface area contributed by atoms with Gasteiger partial charge in [0.1, 0.15) is 18.2 Å². The molecule has 138 valence electrons. The molecule has 3 aromatic rings. The van der Waals surface area contributed by atoms with E-state index >= 15 is 0 Å². The molecule has 1 N–H and O–H groups in total. The number of halogens is 1. The van der Waals surface area contributed by atoms with Crippen LogP contribution in [0.15, 0.2) is 65.5 Å². The molecule has 2 aromatic carbocycles. The second-order valence-electron chi connectivity index (χ2n) is 6.12. The van der Waals surface area contributed by atoms with Crippen molar-refractivity contribution in [2.24, 2.45) is 0 Å². The second kappa shape index (κ2) is 8.40. The van der Waals surface area contributed by atoms with Gasteiger partial charge in [0.05, 0.1) is 0 Å². The minimum Gasteiger partial charge on any atom is -0.350 e. The van der Waals surface area contributed by atoms with Crippen molar-refractivity contribution in [1.82, 2.24) is 14.9 Å². The van der Waals surface area contributed by atoms with E-state index in [0.29, 0.717) is 17.9 Å². The highest BCUT2D eigenvalue weighted by atomic mass is 19.1. The number of rotatable bonds is 6. The predicted octanol–water partition coefficient (Wildman–Crippen LogP) is 2.93. The smallest absolute Gasteiger partial charge is 0.254 e. The van der Waals surface area contributed by atoms with Crippen LogP contribution in [-0.2, 0) is 24.3 Å². The maximum Gasteiger partial charge on any atom is 0.254 e. The van der Waals surface area contributed by atoms with Gasteiger partial charge in [-0.3, -0.25) is 14.2 Å². The summed E-state index contributed by atoms with van der Waals surface area (Å²) in [6.07, 6.45) is 0.632. The lowest BCUT2D eigenvalue weighted by Gasteiger charge is -2.13. The number of amides is 1. The summed E-state index contributed by atoms with van der Waals surface area (Å²) in [5.41, 5.74) is 1.97. The van der Waals surface area contributed by atoms with Gasteiger partial charge in [0, 0.05) is 23.9 Å². The molecule has 1 amide bonds. The molecule has 0 atom stereocenters. The van der Waals surface area contributed by atoms with Crippen molar-refractivity contribution >= 4 is 5.91 Å². The van der Waals surface area contributed by atoms with E-state index < -0.39 is 0 Å². The van der Waals surface area contributed by atoms with Gasteiger partial charge in [-0.1, -0.05) is 49.4 Å². The molecule has 0 aliphatic carbocycles. The quantitative estimate of drug-likeness (QED) is 0.731. The highest BCUT2D eigenvalue weighted by molar-refractivity contribution is 5.76. The average Bonchev–Trinajstić information content (AvgIpc) is 2.69. The van der Waals surface area contributed by atoms with E-state index in [-0.39, 0.29) is 30.4 Å². The Labute approximate surface area is 156 Å². The van der Waals surface area contributed by atoms with Crippen LogP contribution >= 0.6 is 0 Å². The van der Waals surface area contributed by atoms with E-state index in [1.807, 2.05) is 37.3 Å². The summed E-state index contributed by atoms with van der Waals surface area (Å²) in [5, 5.41) is 2.75. The molecular weight excluding hydrogens is 345 g/mol. The van der Waals surface area contributed by atoms with Crippen LogP contribution in [-0.4, -0.2) is 15.5 Å². The third kappa shape index (κ3) is 4.67. The van der Waals surface area contributed by atoms with Crippen molar-refractivity contribution in [3.8, 4) is 11.4 Å². The molecule has 6 heteroatoms. The maximum atomic E-state index is 13.0. The average molecular weight is 365 g/mol. The number of carbonyl (C=O) groups excluding carboxylic acids is 1. The number of nitrogens with one attached hydrogen (secondary N) is 1. The molecular formula is C21H20FN3O2. The molecule has 1 heterocycles. The molecule has 3 rings (SSSR count). The van der Waals surface area contributed by atoms with E-state index in [2.05, 4.69) is 10.3 Å². The molecule has 0 radical (unpaired) electrons. The lowest BCUT2D eigenvalue weighted by molar-refractivity contribution is -0.121. The molecule has 0 saturated heterocycles. The molecule has 0 spiro atoms. The largest absolute Gasteiger partial charge is 0.350 e. The van der Waals surface area contributed by atoms with Gasteiger partial charge in [-0.05, 0) is 24.1 Å². The Morgan fingerprint density at radius 3 is 2.48 bits per heavy atom. The van der Waals surface area contributed by atoms with Crippen LogP contribution in [0.3, 0.4) is 0 Å². The monoisotopic (exact) mass is 365 g/mol. The van der Waals surface area contributed by atoms with Crippen molar-refractivity contribution in [3.63, 3.8) is 0 Å². The first-order chi connectivity index (χ1) is 13.1. The standard InChI is InChI=1S/C21H20FN3O2/c1-2-18-12-20(27)25(21(24-18)16-6-4-3-5-7-16)14-19(26)23-13-15-8-10-17(22)11-9-15/h3-12H,2,13-14H2,1H3,(H,23,26). The van der Waals surface area contributed by atoms with Crippen LogP contribution in [0.1, 0.15) is 18.2 Å². The normalized spacial score (nSPS) is 10.6. The lowest BCUT2D eigenvalue weighted by atomic mass is 10.2. The number of aromatic nitrogens is 2. The molecule has 0 fully saturated rings. The maximum absolute atomic E-state index is 13.0. The van der Waals surface area contributed by atoms with E-state index in [1.165, 1.54) is 22.8 Å². The number of carbonyl (C=O) groups is 1. The third-order valence-electron chi connectivity index (χ3n) is 4.16. The summed E-state index contributed by atoms with van der Waals surface area (Å²) >= 11 is 0. The molecule has 0 bridgehead atoms. The summed E-state index contributed by atoms with van der Waals surface area (Å²) in [4.78, 5) is 29.5. The van der Waals surface area contributed by atoms with Gasteiger partial charge in [0.25, 0.3) is 5.56 Å². The SMILES string of the molecule is CCc1cc(=O)n(CC(=O)NCc2ccc(F)cc2)c(-c2ccccc2)n1. The van der Waals surface area contributed by atoms with Crippen LogP contribution < -0.4 is 10.9 Å². The molecule has 1 aromatic heterocycles. The van der Waals surface area contributed by atoms with Crippen molar-refractivity contribution in [3.05, 3.63) is 88.1 Å². The van der Waals surface area contributed by atoms with E-state index in [0.717, 1.165) is 11.1 Å². The van der Waals surface area contributed by atoms with Crippen LogP contribution in [0.4, 0.5) is 4.39 Å². The first kappa shape index (κ1) is 18.5. The van der Waals surface area contributed by atoms with Gasteiger partial charge >= 0.3 is 0 Å². The lowest BCUT2D eigenvalue weighted by Crippen LogP contribution is -2.33. The van der Waals surface area contributed by atoms with Crippen molar-refractivity contribution in [1.29, 1.82) is 0 Å². The van der Waals surface area contributed by atoms with E-state index in [1.54, 1.807) is 12.1 Å². The molecule has 0 aliphatic heterocycles. The summed E-state index contributed by atoms with van der Waals surface area (Å²) in [6.45, 7) is 2.05. The zero-order chi connectivity index (χ0) is 19.2. The van der Waals surface area contributed by atoms with Crippen LogP contribution in [0.2, 0.25) is 0 Å².